The molecule has 98 valence electrons. The van der Waals surface area contributed by atoms with Crippen molar-refractivity contribution in [3.8, 4) is 6.07 Å². The fraction of sp³-hybridized carbons (Fsp3) is 0.188. The van der Waals surface area contributed by atoms with E-state index in [2.05, 4.69) is 11.1 Å². The maximum absolute atomic E-state index is 12.2. The molecule has 1 aromatic heterocycles. The number of carbonyl (C=O) groups is 1. The van der Waals surface area contributed by atoms with Crippen LogP contribution in [-0.2, 0) is 17.8 Å². The highest BCUT2D eigenvalue weighted by Gasteiger charge is 2.24. The van der Waals surface area contributed by atoms with Gasteiger partial charge in [0.25, 0.3) is 0 Å². The molecule has 0 saturated carbocycles. The van der Waals surface area contributed by atoms with Gasteiger partial charge in [0, 0.05) is 23.9 Å². The van der Waals surface area contributed by atoms with E-state index in [1.807, 2.05) is 30.3 Å². The number of benzene rings is 1. The Hall–Kier alpha value is -2.67. The zero-order chi connectivity index (χ0) is 13.9. The molecular weight excluding hydrogens is 250 g/mol. The summed E-state index contributed by atoms with van der Waals surface area (Å²) in [6, 6.07) is 13.6. The zero-order valence-corrected chi connectivity index (χ0v) is 10.9. The minimum atomic E-state index is 0.0939. The molecule has 0 aliphatic carbocycles. The molecule has 0 radical (unpaired) electrons. The van der Waals surface area contributed by atoms with E-state index in [-0.39, 0.29) is 5.91 Å². The largest absolute Gasteiger partial charge is 0.308 e. The third kappa shape index (κ3) is 2.14. The van der Waals surface area contributed by atoms with Crippen molar-refractivity contribution in [3.05, 3.63) is 59.4 Å². The lowest BCUT2D eigenvalue weighted by atomic mass is 10.0. The number of nitrogens with zero attached hydrogens (tertiary/aromatic N) is 3. The Kier molecular flexibility index (Phi) is 3.18. The van der Waals surface area contributed by atoms with Crippen LogP contribution in [0.4, 0.5) is 5.69 Å². The van der Waals surface area contributed by atoms with E-state index in [9.17, 15) is 4.79 Å². The van der Waals surface area contributed by atoms with Crippen LogP contribution in [0, 0.1) is 11.3 Å². The Morgan fingerprint density at radius 1 is 1.20 bits per heavy atom. The van der Waals surface area contributed by atoms with Gasteiger partial charge in [-0.2, -0.15) is 5.26 Å². The van der Waals surface area contributed by atoms with Crippen LogP contribution in [0.25, 0.3) is 0 Å². The van der Waals surface area contributed by atoms with Gasteiger partial charge in [0.05, 0.1) is 6.54 Å². The maximum atomic E-state index is 12.2. The summed E-state index contributed by atoms with van der Waals surface area (Å²) in [5.41, 5.74) is 3.27. The Bertz CT molecular complexity index is 703. The van der Waals surface area contributed by atoms with E-state index in [0.29, 0.717) is 18.7 Å². The van der Waals surface area contributed by atoms with Crippen molar-refractivity contribution in [1.29, 1.82) is 5.26 Å². The lowest BCUT2D eigenvalue weighted by molar-refractivity contribution is -0.119. The second-order valence-corrected chi connectivity index (χ2v) is 4.73. The van der Waals surface area contributed by atoms with Crippen LogP contribution in [0.15, 0.2) is 42.6 Å². The number of amides is 1. The highest BCUT2D eigenvalue weighted by Crippen LogP contribution is 2.29. The van der Waals surface area contributed by atoms with Crippen molar-refractivity contribution in [2.75, 3.05) is 4.90 Å². The highest BCUT2D eigenvalue weighted by molar-refractivity contribution is 5.96. The Morgan fingerprint density at radius 2 is 2.05 bits per heavy atom. The summed E-state index contributed by atoms with van der Waals surface area (Å²) in [6.45, 7) is 0.395. The summed E-state index contributed by atoms with van der Waals surface area (Å²) in [5.74, 6) is 0.0939. The molecule has 0 bridgehead atoms. The van der Waals surface area contributed by atoms with Crippen LogP contribution in [-0.4, -0.2) is 10.9 Å². The standard InChI is InChI=1S/C16H13N3O/c17-10-14-13(5-3-9-18-14)11-19-15-6-2-1-4-12(15)7-8-16(19)20/h1-6,9H,7-8,11H2. The first-order chi connectivity index (χ1) is 9.79. The molecule has 0 spiro atoms. The molecule has 1 aliphatic rings. The number of hydrogen-bond donors (Lipinski definition) is 0. The number of rotatable bonds is 2. The smallest absolute Gasteiger partial charge is 0.227 e. The average Bonchev–Trinajstić information content (AvgIpc) is 2.50. The normalized spacial score (nSPS) is 13.8. The average molecular weight is 263 g/mol. The van der Waals surface area contributed by atoms with Gasteiger partial charge >= 0.3 is 0 Å². The van der Waals surface area contributed by atoms with Crippen LogP contribution < -0.4 is 4.90 Å². The van der Waals surface area contributed by atoms with Crippen molar-refractivity contribution in [2.45, 2.75) is 19.4 Å². The number of fused-ring (bicyclic) bond motifs is 1. The molecule has 1 amide bonds. The molecule has 1 aromatic carbocycles. The minimum absolute atomic E-state index is 0.0939. The number of hydrogen-bond acceptors (Lipinski definition) is 3. The van der Waals surface area contributed by atoms with E-state index in [1.165, 1.54) is 5.56 Å². The van der Waals surface area contributed by atoms with Gasteiger partial charge in [0.1, 0.15) is 11.8 Å². The van der Waals surface area contributed by atoms with Crippen LogP contribution >= 0.6 is 0 Å². The number of para-hydroxylation sites is 1. The summed E-state index contributed by atoms with van der Waals surface area (Å²) in [7, 11) is 0. The molecule has 3 rings (SSSR count). The van der Waals surface area contributed by atoms with Gasteiger partial charge in [-0.25, -0.2) is 4.98 Å². The van der Waals surface area contributed by atoms with Crippen LogP contribution in [0.2, 0.25) is 0 Å². The topological polar surface area (TPSA) is 57.0 Å². The van der Waals surface area contributed by atoms with Crippen molar-refractivity contribution >= 4 is 11.6 Å². The molecule has 4 nitrogen and oxygen atoms in total. The molecule has 1 aliphatic heterocycles. The molecule has 2 aromatic rings. The SMILES string of the molecule is N#Cc1ncccc1CN1C(=O)CCc2ccccc21. The molecule has 20 heavy (non-hydrogen) atoms. The van der Waals surface area contributed by atoms with Gasteiger partial charge in [0.15, 0.2) is 0 Å². The molecule has 4 heteroatoms. The summed E-state index contributed by atoms with van der Waals surface area (Å²) < 4.78 is 0. The predicted octanol–water partition coefficient (Wildman–Crippen LogP) is 2.43. The third-order valence-electron chi connectivity index (χ3n) is 3.52. The summed E-state index contributed by atoms with van der Waals surface area (Å²) >= 11 is 0. The Balaban J connectivity index is 1.98. The molecule has 0 N–H and O–H groups in total. The third-order valence-corrected chi connectivity index (χ3v) is 3.52. The minimum Gasteiger partial charge on any atom is -0.308 e. The number of pyridine rings is 1. The second-order valence-electron chi connectivity index (χ2n) is 4.73. The monoisotopic (exact) mass is 263 g/mol. The van der Waals surface area contributed by atoms with E-state index < -0.39 is 0 Å². The maximum Gasteiger partial charge on any atom is 0.227 e. The zero-order valence-electron chi connectivity index (χ0n) is 10.9. The first-order valence-electron chi connectivity index (χ1n) is 6.52. The molecular formula is C16H13N3O. The first-order valence-corrected chi connectivity index (χ1v) is 6.52. The highest BCUT2D eigenvalue weighted by atomic mass is 16.2. The Labute approximate surface area is 117 Å². The summed E-state index contributed by atoms with van der Waals surface area (Å²) in [4.78, 5) is 18.0. The van der Waals surface area contributed by atoms with Crippen molar-refractivity contribution in [1.82, 2.24) is 4.98 Å². The van der Waals surface area contributed by atoms with Gasteiger partial charge in [-0.1, -0.05) is 24.3 Å². The van der Waals surface area contributed by atoms with Crippen LogP contribution in [0.3, 0.4) is 0 Å². The van der Waals surface area contributed by atoms with Crippen molar-refractivity contribution in [3.63, 3.8) is 0 Å². The van der Waals surface area contributed by atoms with E-state index in [4.69, 9.17) is 5.26 Å². The number of nitriles is 1. The van der Waals surface area contributed by atoms with Crippen LogP contribution in [0.5, 0.6) is 0 Å². The first kappa shape index (κ1) is 12.4. The number of aryl methyl sites for hydroxylation is 1. The van der Waals surface area contributed by atoms with E-state index >= 15 is 0 Å². The van der Waals surface area contributed by atoms with Gasteiger partial charge in [-0.3, -0.25) is 4.79 Å². The van der Waals surface area contributed by atoms with Gasteiger partial charge < -0.3 is 4.90 Å². The van der Waals surface area contributed by atoms with Gasteiger partial charge in [-0.05, 0) is 24.1 Å². The number of carbonyl (C=O) groups excluding carboxylic acids is 1. The van der Waals surface area contributed by atoms with Crippen LogP contribution in [0.1, 0.15) is 23.2 Å². The van der Waals surface area contributed by atoms with Crippen molar-refractivity contribution in [2.24, 2.45) is 0 Å². The molecule has 0 saturated heterocycles. The van der Waals surface area contributed by atoms with Crippen molar-refractivity contribution < 1.29 is 4.79 Å². The van der Waals surface area contributed by atoms with E-state index in [1.54, 1.807) is 17.2 Å². The molecule has 2 heterocycles. The summed E-state index contributed by atoms with van der Waals surface area (Å²) in [5, 5.41) is 9.09. The number of aromatic nitrogens is 1. The fourth-order valence-electron chi connectivity index (χ4n) is 2.51. The molecule has 0 unspecified atom stereocenters. The molecule has 0 fully saturated rings. The lowest BCUT2D eigenvalue weighted by Crippen LogP contribution is -2.34. The number of anilines is 1. The Morgan fingerprint density at radius 3 is 2.90 bits per heavy atom. The fourth-order valence-corrected chi connectivity index (χ4v) is 2.51. The lowest BCUT2D eigenvalue weighted by Gasteiger charge is -2.29. The quantitative estimate of drug-likeness (QED) is 0.836. The summed E-state index contributed by atoms with van der Waals surface area (Å²) in [6.07, 6.45) is 2.89. The second kappa shape index (κ2) is 5.14. The van der Waals surface area contributed by atoms with E-state index in [0.717, 1.165) is 17.7 Å². The van der Waals surface area contributed by atoms with Gasteiger partial charge in [-0.15, -0.1) is 0 Å². The van der Waals surface area contributed by atoms with Gasteiger partial charge in [0.2, 0.25) is 5.91 Å². The molecule has 0 atom stereocenters. The predicted molar refractivity (Wildman–Crippen MR) is 74.9 cm³/mol.